The van der Waals surface area contributed by atoms with Gasteiger partial charge in [-0.25, -0.2) is 0 Å². The van der Waals surface area contributed by atoms with Gasteiger partial charge in [0.2, 0.25) is 5.91 Å². The van der Waals surface area contributed by atoms with Gasteiger partial charge < -0.3 is 14.8 Å². The first-order valence-corrected chi connectivity index (χ1v) is 9.50. The first-order chi connectivity index (χ1) is 13.0. The topological polar surface area (TPSA) is 50.8 Å². The maximum absolute atomic E-state index is 12.6. The summed E-state index contributed by atoms with van der Waals surface area (Å²) in [7, 11) is 0. The maximum Gasteiger partial charge on any atom is 0.234 e. The summed E-state index contributed by atoms with van der Waals surface area (Å²) in [5.74, 6) is 1.52. The van der Waals surface area contributed by atoms with E-state index in [9.17, 15) is 4.79 Å². The Balaban J connectivity index is 1.60. The second-order valence-corrected chi connectivity index (χ2v) is 7.18. The third kappa shape index (κ3) is 5.23. The first-order valence-electron chi connectivity index (χ1n) is 9.50. The standard InChI is InChI=1S/C22H28N2O3/c1-16(2)24(14-18-7-5-4-6-8-18)15-22(25)23-17(3)19-9-10-20-21(13-19)27-12-11-26-20/h4-10,13,16-17H,11-12,14-15H2,1-3H3,(H,23,25). The number of hydrogen-bond acceptors (Lipinski definition) is 4. The second kappa shape index (κ2) is 8.91. The number of hydrogen-bond donors (Lipinski definition) is 1. The van der Waals surface area contributed by atoms with E-state index in [2.05, 4.69) is 36.2 Å². The fourth-order valence-electron chi connectivity index (χ4n) is 3.12. The lowest BCUT2D eigenvalue weighted by molar-refractivity contribution is -0.123. The number of amides is 1. The van der Waals surface area contributed by atoms with E-state index < -0.39 is 0 Å². The van der Waals surface area contributed by atoms with Gasteiger partial charge in [-0.2, -0.15) is 0 Å². The number of fused-ring (bicyclic) bond motifs is 1. The average molecular weight is 368 g/mol. The predicted molar refractivity (Wildman–Crippen MR) is 106 cm³/mol. The monoisotopic (exact) mass is 368 g/mol. The molecule has 1 heterocycles. The number of nitrogens with one attached hydrogen (secondary N) is 1. The number of rotatable bonds is 7. The quantitative estimate of drug-likeness (QED) is 0.812. The molecule has 5 heteroatoms. The highest BCUT2D eigenvalue weighted by molar-refractivity contribution is 5.78. The van der Waals surface area contributed by atoms with E-state index >= 15 is 0 Å². The van der Waals surface area contributed by atoms with Crippen molar-refractivity contribution in [2.75, 3.05) is 19.8 Å². The molecule has 0 fully saturated rings. The van der Waals surface area contributed by atoms with Gasteiger partial charge in [0, 0.05) is 12.6 Å². The molecule has 1 aliphatic rings. The van der Waals surface area contributed by atoms with Crippen molar-refractivity contribution in [2.45, 2.75) is 39.4 Å². The summed E-state index contributed by atoms with van der Waals surface area (Å²) in [5, 5.41) is 3.10. The number of ether oxygens (including phenoxy) is 2. The van der Waals surface area contributed by atoms with Crippen molar-refractivity contribution in [3.8, 4) is 11.5 Å². The Morgan fingerprint density at radius 3 is 2.44 bits per heavy atom. The molecule has 0 radical (unpaired) electrons. The molecule has 0 spiro atoms. The smallest absolute Gasteiger partial charge is 0.234 e. The predicted octanol–water partition coefficient (Wildman–Crippen LogP) is 3.55. The molecule has 1 N–H and O–H groups in total. The zero-order valence-electron chi connectivity index (χ0n) is 16.3. The van der Waals surface area contributed by atoms with Gasteiger partial charge in [0.05, 0.1) is 12.6 Å². The van der Waals surface area contributed by atoms with Crippen LogP contribution in [0.4, 0.5) is 0 Å². The van der Waals surface area contributed by atoms with Crippen LogP contribution >= 0.6 is 0 Å². The summed E-state index contributed by atoms with van der Waals surface area (Å²) >= 11 is 0. The molecule has 0 aliphatic carbocycles. The molecular weight excluding hydrogens is 340 g/mol. The first kappa shape index (κ1) is 19.2. The van der Waals surface area contributed by atoms with Crippen molar-refractivity contribution >= 4 is 5.91 Å². The van der Waals surface area contributed by atoms with Gasteiger partial charge in [0.15, 0.2) is 11.5 Å². The minimum Gasteiger partial charge on any atom is -0.486 e. The van der Waals surface area contributed by atoms with E-state index in [4.69, 9.17) is 9.47 Å². The number of benzene rings is 2. The van der Waals surface area contributed by atoms with Gasteiger partial charge in [-0.15, -0.1) is 0 Å². The Bertz CT molecular complexity index is 761. The molecule has 2 aromatic carbocycles. The molecule has 3 rings (SSSR count). The maximum atomic E-state index is 12.6. The fourth-order valence-corrected chi connectivity index (χ4v) is 3.12. The van der Waals surface area contributed by atoms with Crippen LogP contribution in [0.2, 0.25) is 0 Å². The van der Waals surface area contributed by atoms with Crippen LogP contribution in [0.5, 0.6) is 11.5 Å². The third-order valence-electron chi connectivity index (χ3n) is 4.75. The molecule has 1 atom stereocenters. The molecular formula is C22H28N2O3. The highest BCUT2D eigenvalue weighted by Crippen LogP contribution is 2.32. The minimum atomic E-state index is -0.0981. The highest BCUT2D eigenvalue weighted by atomic mass is 16.6. The Morgan fingerprint density at radius 1 is 1.04 bits per heavy atom. The highest BCUT2D eigenvalue weighted by Gasteiger charge is 2.18. The van der Waals surface area contributed by atoms with E-state index in [0.717, 1.165) is 23.6 Å². The zero-order valence-corrected chi connectivity index (χ0v) is 16.3. The van der Waals surface area contributed by atoms with Crippen molar-refractivity contribution in [3.63, 3.8) is 0 Å². The van der Waals surface area contributed by atoms with Crippen LogP contribution in [0.3, 0.4) is 0 Å². The minimum absolute atomic E-state index is 0.0158. The van der Waals surface area contributed by atoms with Crippen LogP contribution in [-0.2, 0) is 11.3 Å². The normalized spacial score (nSPS) is 14.3. The lowest BCUT2D eigenvalue weighted by atomic mass is 10.1. The summed E-state index contributed by atoms with van der Waals surface area (Å²) < 4.78 is 11.2. The summed E-state index contributed by atoms with van der Waals surface area (Å²) in [6.07, 6.45) is 0. The van der Waals surface area contributed by atoms with Crippen LogP contribution in [-0.4, -0.2) is 36.6 Å². The van der Waals surface area contributed by atoms with Gasteiger partial charge in [-0.05, 0) is 44.0 Å². The van der Waals surface area contributed by atoms with Gasteiger partial charge in [0.25, 0.3) is 0 Å². The van der Waals surface area contributed by atoms with Crippen LogP contribution < -0.4 is 14.8 Å². The Hall–Kier alpha value is -2.53. The largest absolute Gasteiger partial charge is 0.486 e. The molecule has 0 saturated heterocycles. The van der Waals surface area contributed by atoms with Crippen LogP contribution in [0, 0.1) is 0 Å². The molecule has 0 bridgehead atoms. The van der Waals surface area contributed by atoms with E-state index in [1.54, 1.807) is 0 Å². The Labute approximate surface area is 161 Å². The van der Waals surface area contributed by atoms with Crippen LogP contribution in [0.15, 0.2) is 48.5 Å². The third-order valence-corrected chi connectivity index (χ3v) is 4.75. The van der Waals surface area contributed by atoms with Crippen molar-refractivity contribution in [1.82, 2.24) is 10.2 Å². The summed E-state index contributed by atoms with van der Waals surface area (Å²) in [4.78, 5) is 14.8. The van der Waals surface area contributed by atoms with Gasteiger partial charge in [-0.3, -0.25) is 9.69 Å². The van der Waals surface area contributed by atoms with Crippen molar-refractivity contribution in [2.24, 2.45) is 0 Å². The molecule has 2 aromatic rings. The number of nitrogens with zero attached hydrogens (tertiary/aromatic N) is 1. The fraction of sp³-hybridized carbons (Fsp3) is 0.409. The van der Waals surface area contributed by atoms with Gasteiger partial charge >= 0.3 is 0 Å². The van der Waals surface area contributed by atoms with Crippen LogP contribution in [0.1, 0.15) is 37.9 Å². The molecule has 0 saturated carbocycles. The molecule has 1 aliphatic heterocycles. The number of carbonyl (C=O) groups excluding carboxylic acids is 1. The second-order valence-electron chi connectivity index (χ2n) is 7.18. The molecule has 5 nitrogen and oxygen atoms in total. The molecule has 1 amide bonds. The lowest BCUT2D eigenvalue weighted by Gasteiger charge is -2.27. The Morgan fingerprint density at radius 2 is 1.74 bits per heavy atom. The number of carbonyl (C=O) groups is 1. The van der Waals surface area contributed by atoms with E-state index in [1.165, 1.54) is 5.56 Å². The van der Waals surface area contributed by atoms with E-state index in [-0.39, 0.29) is 18.0 Å². The molecule has 144 valence electrons. The molecule has 1 unspecified atom stereocenters. The van der Waals surface area contributed by atoms with Crippen molar-refractivity contribution in [3.05, 3.63) is 59.7 Å². The van der Waals surface area contributed by atoms with Crippen LogP contribution in [0.25, 0.3) is 0 Å². The van der Waals surface area contributed by atoms with E-state index in [1.807, 2.05) is 43.3 Å². The SMILES string of the molecule is CC(NC(=O)CN(Cc1ccccc1)C(C)C)c1ccc2c(c1)OCCO2. The average Bonchev–Trinajstić information content (AvgIpc) is 2.67. The lowest BCUT2D eigenvalue weighted by Crippen LogP contribution is -2.41. The molecule has 27 heavy (non-hydrogen) atoms. The molecule has 0 aromatic heterocycles. The summed E-state index contributed by atoms with van der Waals surface area (Å²) in [6.45, 7) is 8.46. The van der Waals surface area contributed by atoms with Crippen molar-refractivity contribution in [1.29, 1.82) is 0 Å². The Kier molecular flexibility index (Phi) is 6.35. The van der Waals surface area contributed by atoms with Gasteiger partial charge in [0.1, 0.15) is 13.2 Å². The zero-order chi connectivity index (χ0) is 19.2. The summed E-state index contributed by atoms with van der Waals surface area (Å²) in [5.41, 5.74) is 2.21. The van der Waals surface area contributed by atoms with E-state index in [0.29, 0.717) is 19.8 Å². The summed E-state index contributed by atoms with van der Waals surface area (Å²) in [6, 6.07) is 16.2. The van der Waals surface area contributed by atoms with Gasteiger partial charge in [-0.1, -0.05) is 36.4 Å². The van der Waals surface area contributed by atoms with Crippen molar-refractivity contribution < 1.29 is 14.3 Å².